The molecular weight excluding hydrogens is 180 g/mol. The molecule has 4 heteroatoms. The van der Waals surface area contributed by atoms with Crippen LogP contribution in [0.5, 0.6) is 5.75 Å². The Morgan fingerprint density at radius 2 is 2.29 bits per heavy atom. The summed E-state index contributed by atoms with van der Waals surface area (Å²) in [5.41, 5.74) is 1.39. The molecule has 72 valence electrons. The van der Waals surface area contributed by atoms with E-state index in [1.165, 1.54) is 12.8 Å². The van der Waals surface area contributed by atoms with E-state index < -0.39 is 0 Å². The summed E-state index contributed by atoms with van der Waals surface area (Å²) in [7, 11) is 0. The lowest BCUT2D eigenvalue weighted by Crippen LogP contribution is -2.00. The normalized spacial score (nSPS) is 16.0. The highest BCUT2D eigenvalue weighted by Gasteiger charge is 2.22. The van der Waals surface area contributed by atoms with Gasteiger partial charge in [0.25, 0.3) is 6.01 Å². The second-order valence-electron chi connectivity index (χ2n) is 3.59. The minimum absolute atomic E-state index is 0.212. The molecule has 0 unspecified atom stereocenters. The number of fused-ring (bicyclic) bond motifs is 1. The van der Waals surface area contributed by atoms with Crippen LogP contribution in [0.25, 0.3) is 11.1 Å². The van der Waals surface area contributed by atoms with Gasteiger partial charge < -0.3 is 14.8 Å². The predicted molar refractivity (Wildman–Crippen MR) is 52.3 cm³/mol. The molecule has 0 bridgehead atoms. The van der Waals surface area contributed by atoms with E-state index in [0.29, 0.717) is 23.2 Å². The molecule has 0 saturated heterocycles. The predicted octanol–water partition coefficient (Wildman–Crippen LogP) is 2.11. The van der Waals surface area contributed by atoms with Crippen molar-refractivity contribution in [3.63, 3.8) is 0 Å². The summed E-state index contributed by atoms with van der Waals surface area (Å²) in [6, 6.07) is 5.98. The number of hydrogen-bond donors (Lipinski definition) is 2. The minimum atomic E-state index is 0.212. The highest BCUT2D eigenvalue weighted by molar-refractivity contribution is 5.76. The molecular formula is C10H10N2O2. The molecule has 4 nitrogen and oxygen atoms in total. The van der Waals surface area contributed by atoms with E-state index in [2.05, 4.69) is 10.3 Å². The van der Waals surface area contributed by atoms with Crippen LogP contribution in [0.1, 0.15) is 12.8 Å². The Morgan fingerprint density at radius 3 is 3.07 bits per heavy atom. The number of oxazole rings is 1. The van der Waals surface area contributed by atoms with Gasteiger partial charge >= 0.3 is 0 Å². The van der Waals surface area contributed by atoms with E-state index in [1.54, 1.807) is 18.2 Å². The first-order valence-corrected chi connectivity index (χ1v) is 4.67. The van der Waals surface area contributed by atoms with Gasteiger partial charge in [-0.15, -0.1) is 0 Å². The van der Waals surface area contributed by atoms with Crippen LogP contribution in [-0.4, -0.2) is 16.1 Å². The summed E-state index contributed by atoms with van der Waals surface area (Å²) in [6.45, 7) is 0. The number of phenols is 1. The van der Waals surface area contributed by atoms with E-state index in [4.69, 9.17) is 4.42 Å². The summed E-state index contributed by atoms with van der Waals surface area (Å²) in [5.74, 6) is 0.212. The molecule has 1 aliphatic carbocycles. The number of aromatic hydroxyl groups is 1. The lowest BCUT2D eigenvalue weighted by Gasteiger charge is -1.93. The van der Waals surface area contributed by atoms with Crippen molar-refractivity contribution in [1.82, 2.24) is 4.98 Å². The second-order valence-corrected chi connectivity index (χ2v) is 3.59. The van der Waals surface area contributed by atoms with Crippen LogP contribution in [0.2, 0.25) is 0 Å². The standard InChI is InChI=1S/C10H10N2O2/c13-7-3-4-9-8(5-7)12-10(14-9)11-6-1-2-6/h3-6,13H,1-2H2,(H,11,12). The average molecular weight is 190 g/mol. The topological polar surface area (TPSA) is 58.3 Å². The zero-order valence-electron chi connectivity index (χ0n) is 7.53. The van der Waals surface area contributed by atoms with Crippen LogP contribution in [0.3, 0.4) is 0 Å². The van der Waals surface area contributed by atoms with E-state index in [1.807, 2.05) is 0 Å². The maximum Gasteiger partial charge on any atom is 0.295 e. The SMILES string of the molecule is Oc1ccc2oc(NC3CC3)nc2c1. The van der Waals surface area contributed by atoms with Gasteiger partial charge in [-0.1, -0.05) is 0 Å². The molecule has 1 aliphatic rings. The molecule has 0 atom stereocenters. The molecule has 1 fully saturated rings. The molecule has 1 saturated carbocycles. The molecule has 1 heterocycles. The van der Waals surface area contributed by atoms with Crippen molar-refractivity contribution in [2.24, 2.45) is 0 Å². The molecule has 14 heavy (non-hydrogen) atoms. The number of aromatic nitrogens is 1. The van der Waals surface area contributed by atoms with Crippen LogP contribution in [-0.2, 0) is 0 Å². The Bertz CT molecular complexity index is 474. The molecule has 1 aromatic heterocycles. The Kier molecular flexibility index (Phi) is 1.45. The summed E-state index contributed by atoms with van der Waals surface area (Å²) in [6.07, 6.45) is 2.37. The smallest absolute Gasteiger partial charge is 0.295 e. The van der Waals surface area contributed by atoms with Gasteiger partial charge in [-0.2, -0.15) is 4.98 Å². The summed E-state index contributed by atoms with van der Waals surface area (Å²) in [4.78, 5) is 4.22. The molecule has 2 N–H and O–H groups in total. The van der Waals surface area contributed by atoms with Crippen LogP contribution >= 0.6 is 0 Å². The van der Waals surface area contributed by atoms with Gasteiger partial charge in [0.05, 0.1) is 0 Å². The van der Waals surface area contributed by atoms with Crippen molar-refractivity contribution in [1.29, 1.82) is 0 Å². The zero-order valence-corrected chi connectivity index (χ0v) is 7.53. The van der Waals surface area contributed by atoms with E-state index in [-0.39, 0.29) is 5.75 Å². The third-order valence-corrected chi connectivity index (χ3v) is 2.28. The monoisotopic (exact) mass is 190 g/mol. The van der Waals surface area contributed by atoms with E-state index in [0.717, 1.165) is 0 Å². The van der Waals surface area contributed by atoms with E-state index in [9.17, 15) is 5.11 Å². The van der Waals surface area contributed by atoms with Crippen molar-refractivity contribution in [3.05, 3.63) is 18.2 Å². The third kappa shape index (κ3) is 1.28. The Labute approximate surface area is 80.6 Å². The Hall–Kier alpha value is -1.71. The van der Waals surface area contributed by atoms with Crippen molar-refractivity contribution in [2.75, 3.05) is 5.32 Å². The van der Waals surface area contributed by atoms with Gasteiger partial charge in [0.2, 0.25) is 0 Å². The zero-order chi connectivity index (χ0) is 9.54. The summed E-state index contributed by atoms with van der Waals surface area (Å²) >= 11 is 0. The Morgan fingerprint density at radius 1 is 1.43 bits per heavy atom. The van der Waals surface area contributed by atoms with Crippen LogP contribution in [0.15, 0.2) is 22.6 Å². The maximum absolute atomic E-state index is 9.23. The van der Waals surface area contributed by atoms with Crippen molar-refractivity contribution < 1.29 is 9.52 Å². The lowest BCUT2D eigenvalue weighted by atomic mass is 10.3. The molecule has 2 aromatic rings. The van der Waals surface area contributed by atoms with Crippen LogP contribution in [0.4, 0.5) is 6.01 Å². The summed E-state index contributed by atoms with van der Waals surface area (Å²) in [5, 5.41) is 12.4. The quantitative estimate of drug-likeness (QED) is 0.761. The average Bonchev–Trinajstić information content (AvgIpc) is 2.84. The first-order valence-electron chi connectivity index (χ1n) is 4.67. The first kappa shape index (κ1) is 7.67. The molecule has 3 rings (SSSR count). The van der Waals surface area contributed by atoms with Gasteiger partial charge in [-0.05, 0) is 25.0 Å². The number of benzene rings is 1. The fourth-order valence-corrected chi connectivity index (χ4v) is 1.38. The number of phenolic OH excluding ortho intramolecular Hbond substituents is 1. The van der Waals surface area contributed by atoms with Crippen LogP contribution in [0, 0.1) is 0 Å². The van der Waals surface area contributed by atoms with Crippen LogP contribution < -0.4 is 5.32 Å². The van der Waals surface area contributed by atoms with Crippen molar-refractivity contribution >= 4 is 17.1 Å². The fraction of sp³-hybridized carbons (Fsp3) is 0.300. The summed E-state index contributed by atoms with van der Waals surface area (Å²) < 4.78 is 5.44. The maximum atomic E-state index is 9.23. The first-order chi connectivity index (χ1) is 6.81. The number of anilines is 1. The molecule has 0 spiro atoms. The molecule has 0 aliphatic heterocycles. The number of rotatable bonds is 2. The van der Waals surface area contributed by atoms with Gasteiger partial charge in [-0.25, -0.2) is 0 Å². The van der Waals surface area contributed by atoms with Gasteiger partial charge in [0.1, 0.15) is 11.3 Å². The largest absolute Gasteiger partial charge is 0.508 e. The molecule has 1 aromatic carbocycles. The van der Waals surface area contributed by atoms with Gasteiger partial charge in [-0.3, -0.25) is 0 Å². The fourth-order valence-electron chi connectivity index (χ4n) is 1.38. The van der Waals surface area contributed by atoms with E-state index >= 15 is 0 Å². The number of nitrogens with zero attached hydrogens (tertiary/aromatic N) is 1. The van der Waals surface area contributed by atoms with Gasteiger partial charge in [0.15, 0.2) is 5.58 Å². The van der Waals surface area contributed by atoms with Crippen molar-refractivity contribution in [2.45, 2.75) is 18.9 Å². The van der Waals surface area contributed by atoms with Gasteiger partial charge in [0, 0.05) is 12.1 Å². The second kappa shape index (κ2) is 2.64. The third-order valence-electron chi connectivity index (χ3n) is 2.28. The Balaban J connectivity index is 2.01. The lowest BCUT2D eigenvalue weighted by molar-refractivity contribution is 0.476. The number of nitrogens with one attached hydrogen (secondary N) is 1. The highest BCUT2D eigenvalue weighted by Crippen LogP contribution is 2.27. The molecule has 0 amide bonds. The van der Waals surface area contributed by atoms with Crippen molar-refractivity contribution in [3.8, 4) is 5.75 Å². The molecule has 0 radical (unpaired) electrons. The highest BCUT2D eigenvalue weighted by atomic mass is 16.4. The number of hydrogen-bond acceptors (Lipinski definition) is 4. The minimum Gasteiger partial charge on any atom is -0.508 e.